The molecule has 22 heavy (non-hydrogen) atoms. The van der Waals surface area contributed by atoms with Crippen LogP contribution in [-0.2, 0) is 4.79 Å². The molecule has 6 heteroatoms. The van der Waals surface area contributed by atoms with Gasteiger partial charge in [0, 0.05) is 26.1 Å². The Bertz CT molecular complexity index is 536. The molecule has 0 aromatic heterocycles. The van der Waals surface area contributed by atoms with E-state index in [9.17, 15) is 9.59 Å². The predicted molar refractivity (Wildman–Crippen MR) is 85.3 cm³/mol. The summed E-state index contributed by atoms with van der Waals surface area (Å²) in [6, 6.07) is 7.10. The Morgan fingerprint density at radius 3 is 2.64 bits per heavy atom. The molecule has 0 atom stereocenters. The number of aliphatic carboxylic acids is 1. The van der Waals surface area contributed by atoms with Crippen LogP contribution in [0.25, 0.3) is 0 Å². The maximum absolute atomic E-state index is 12.5. The van der Waals surface area contributed by atoms with Gasteiger partial charge in [-0.15, -0.1) is 0 Å². The van der Waals surface area contributed by atoms with E-state index in [2.05, 4.69) is 4.90 Å². The Hall–Kier alpha value is -1.59. The summed E-state index contributed by atoms with van der Waals surface area (Å²) >= 11 is 6.09. The van der Waals surface area contributed by atoms with Crippen molar-refractivity contribution in [3.63, 3.8) is 0 Å². The van der Waals surface area contributed by atoms with Crippen molar-refractivity contribution in [3.8, 4) is 0 Å². The zero-order valence-corrected chi connectivity index (χ0v) is 13.3. The third-order valence-corrected chi connectivity index (χ3v) is 4.17. The van der Waals surface area contributed by atoms with Crippen LogP contribution in [0.3, 0.4) is 0 Å². The van der Waals surface area contributed by atoms with Crippen molar-refractivity contribution in [1.82, 2.24) is 9.80 Å². The number of halogens is 1. The minimum atomic E-state index is -0.759. The molecule has 0 aliphatic carbocycles. The molecule has 1 aromatic rings. The molecule has 0 radical (unpaired) electrons. The second-order valence-electron chi connectivity index (χ2n) is 5.46. The number of carboxylic acid groups (broad SMARTS) is 1. The van der Waals surface area contributed by atoms with E-state index in [0.717, 1.165) is 26.1 Å². The number of hydrogen-bond acceptors (Lipinski definition) is 3. The molecule has 0 spiro atoms. The first kappa shape index (κ1) is 16.8. The van der Waals surface area contributed by atoms with Gasteiger partial charge >= 0.3 is 5.97 Å². The number of carboxylic acids is 1. The lowest BCUT2D eigenvalue weighted by molar-refractivity contribution is -0.137. The van der Waals surface area contributed by atoms with Gasteiger partial charge in [0.2, 0.25) is 0 Å². The van der Waals surface area contributed by atoms with Crippen LogP contribution in [0.15, 0.2) is 24.3 Å². The predicted octanol–water partition coefficient (Wildman–Crippen LogP) is 2.35. The van der Waals surface area contributed by atoms with Gasteiger partial charge in [0.15, 0.2) is 0 Å². The molecule has 0 unspecified atom stereocenters. The highest BCUT2D eigenvalue weighted by Gasteiger charge is 2.21. The highest BCUT2D eigenvalue weighted by atomic mass is 35.5. The summed E-state index contributed by atoms with van der Waals surface area (Å²) in [7, 11) is 0. The van der Waals surface area contributed by atoms with Crippen LogP contribution in [0.1, 0.15) is 29.6 Å². The number of carbonyl (C=O) groups is 2. The molecule has 1 heterocycles. The fourth-order valence-electron chi connectivity index (χ4n) is 2.66. The maximum atomic E-state index is 12.5. The summed E-state index contributed by atoms with van der Waals surface area (Å²) in [5.74, 6) is -0.789. The quantitative estimate of drug-likeness (QED) is 0.903. The summed E-state index contributed by atoms with van der Waals surface area (Å²) < 4.78 is 0. The van der Waals surface area contributed by atoms with Crippen molar-refractivity contribution in [2.75, 3.05) is 32.7 Å². The van der Waals surface area contributed by atoms with E-state index < -0.39 is 5.97 Å². The molecule has 1 aromatic carbocycles. The molecule has 1 N–H and O–H groups in total. The van der Waals surface area contributed by atoms with E-state index in [1.807, 2.05) is 17.0 Å². The summed E-state index contributed by atoms with van der Waals surface area (Å²) in [5, 5.41) is 9.16. The third kappa shape index (κ3) is 4.71. The van der Waals surface area contributed by atoms with Gasteiger partial charge in [-0.2, -0.15) is 0 Å². The van der Waals surface area contributed by atoms with Crippen molar-refractivity contribution in [2.24, 2.45) is 0 Å². The van der Waals surface area contributed by atoms with E-state index in [4.69, 9.17) is 16.7 Å². The van der Waals surface area contributed by atoms with Crippen molar-refractivity contribution in [2.45, 2.75) is 19.3 Å². The number of amides is 1. The second-order valence-corrected chi connectivity index (χ2v) is 5.87. The molecule has 0 saturated carbocycles. The van der Waals surface area contributed by atoms with Gasteiger partial charge in [-0.25, -0.2) is 0 Å². The second kappa shape index (κ2) is 8.15. The largest absolute Gasteiger partial charge is 0.481 e. The van der Waals surface area contributed by atoms with E-state index in [1.165, 1.54) is 0 Å². The van der Waals surface area contributed by atoms with Crippen LogP contribution in [0, 0.1) is 0 Å². The molecule has 120 valence electrons. The van der Waals surface area contributed by atoms with Crippen LogP contribution < -0.4 is 0 Å². The monoisotopic (exact) mass is 324 g/mol. The van der Waals surface area contributed by atoms with E-state index >= 15 is 0 Å². The van der Waals surface area contributed by atoms with Gasteiger partial charge < -0.3 is 14.9 Å². The molecular formula is C16H21ClN2O3. The van der Waals surface area contributed by atoms with Crippen molar-refractivity contribution < 1.29 is 14.7 Å². The lowest BCUT2D eigenvalue weighted by Crippen LogP contribution is -2.35. The average Bonchev–Trinajstić information content (AvgIpc) is 2.72. The zero-order chi connectivity index (χ0) is 15.9. The van der Waals surface area contributed by atoms with Crippen LogP contribution >= 0.6 is 11.6 Å². The van der Waals surface area contributed by atoms with Crippen molar-refractivity contribution in [1.29, 1.82) is 0 Å². The Kier molecular flexibility index (Phi) is 6.21. The summed E-state index contributed by atoms with van der Waals surface area (Å²) in [6.45, 7) is 3.79. The summed E-state index contributed by atoms with van der Waals surface area (Å²) in [4.78, 5) is 27.1. The molecule has 0 bridgehead atoms. The normalized spacial score (nSPS) is 16.3. The van der Waals surface area contributed by atoms with Crippen molar-refractivity contribution >= 4 is 23.5 Å². The Labute approximate surface area is 135 Å². The minimum Gasteiger partial charge on any atom is -0.481 e. The molecule has 1 aliphatic heterocycles. The van der Waals surface area contributed by atoms with Gasteiger partial charge in [-0.1, -0.05) is 23.7 Å². The first-order valence-electron chi connectivity index (χ1n) is 7.56. The van der Waals surface area contributed by atoms with Gasteiger partial charge in [-0.3, -0.25) is 9.59 Å². The van der Waals surface area contributed by atoms with Crippen molar-refractivity contribution in [3.05, 3.63) is 34.9 Å². The van der Waals surface area contributed by atoms with E-state index in [-0.39, 0.29) is 12.3 Å². The standard InChI is InChI=1S/C16H21ClN2O3/c17-14-6-2-1-5-13(14)16(22)19-10-4-9-18(11-12-19)8-3-7-15(20)21/h1-2,5-6H,3-4,7-12H2,(H,20,21). The number of benzene rings is 1. The van der Waals surface area contributed by atoms with Gasteiger partial charge in [0.25, 0.3) is 5.91 Å². The highest BCUT2D eigenvalue weighted by Crippen LogP contribution is 2.18. The molecule has 1 fully saturated rings. The van der Waals surface area contributed by atoms with Gasteiger partial charge in [-0.05, 0) is 38.1 Å². The Morgan fingerprint density at radius 2 is 1.91 bits per heavy atom. The first-order chi connectivity index (χ1) is 10.6. The van der Waals surface area contributed by atoms with Crippen LogP contribution in [0.5, 0.6) is 0 Å². The fourth-order valence-corrected chi connectivity index (χ4v) is 2.87. The Morgan fingerprint density at radius 1 is 1.14 bits per heavy atom. The number of rotatable bonds is 5. The molecule has 5 nitrogen and oxygen atoms in total. The summed E-state index contributed by atoms with van der Waals surface area (Å²) in [5.41, 5.74) is 0.545. The topological polar surface area (TPSA) is 60.9 Å². The highest BCUT2D eigenvalue weighted by molar-refractivity contribution is 6.33. The molecule has 1 aliphatic rings. The average molecular weight is 325 g/mol. The SMILES string of the molecule is O=C(O)CCCN1CCCN(C(=O)c2ccccc2Cl)CC1. The van der Waals surface area contributed by atoms with E-state index in [0.29, 0.717) is 30.1 Å². The van der Waals surface area contributed by atoms with Gasteiger partial charge in [0.1, 0.15) is 0 Å². The summed E-state index contributed by atoms with van der Waals surface area (Å²) in [6.07, 6.45) is 1.73. The number of nitrogens with zero attached hydrogens (tertiary/aromatic N) is 2. The molecule has 1 saturated heterocycles. The Balaban J connectivity index is 1.89. The lowest BCUT2D eigenvalue weighted by atomic mass is 10.2. The smallest absolute Gasteiger partial charge is 0.303 e. The third-order valence-electron chi connectivity index (χ3n) is 3.84. The van der Waals surface area contributed by atoms with Gasteiger partial charge in [0.05, 0.1) is 10.6 Å². The molecule has 2 rings (SSSR count). The minimum absolute atomic E-state index is 0.0296. The lowest BCUT2D eigenvalue weighted by Gasteiger charge is -2.22. The van der Waals surface area contributed by atoms with Crippen LogP contribution in [-0.4, -0.2) is 59.5 Å². The maximum Gasteiger partial charge on any atom is 0.303 e. The zero-order valence-electron chi connectivity index (χ0n) is 12.5. The molecule has 1 amide bonds. The van der Waals surface area contributed by atoms with Crippen LogP contribution in [0.4, 0.5) is 0 Å². The number of carbonyl (C=O) groups excluding carboxylic acids is 1. The fraction of sp³-hybridized carbons (Fsp3) is 0.500. The molecular weight excluding hydrogens is 304 g/mol. The first-order valence-corrected chi connectivity index (χ1v) is 7.93. The van der Waals surface area contributed by atoms with E-state index in [1.54, 1.807) is 12.1 Å². The van der Waals surface area contributed by atoms with Crippen LogP contribution in [0.2, 0.25) is 5.02 Å². The number of hydrogen-bond donors (Lipinski definition) is 1.